The number of nitriles is 1. The van der Waals surface area contributed by atoms with Gasteiger partial charge in [0.15, 0.2) is 0 Å². The van der Waals surface area contributed by atoms with Crippen LogP contribution in [0.25, 0.3) is 0 Å². The Kier molecular flexibility index (Phi) is 3.43. The van der Waals surface area contributed by atoms with E-state index in [9.17, 15) is 0 Å². The van der Waals surface area contributed by atoms with E-state index in [1.54, 1.807) is 0 Å². The maximum atomic E-state index is 8.71. The van der Waals surface area contributed by atoms with Crippen molar-refractivity contribution in [3.63, 3.8) is 0 Å². The summed E-state index contributed by atoms with van der Waals surface area (Å²) in [4.78, 5) is 2.15. The Labute approximate surface area is 96.2 Å². The summed E-state index contributed by atoms with van der Waals surface area (Å²) in [6.07, 6.45) is 0. The number of likely N-dealkylation sites (N-methyl/N-ethyl adjacent to an activating group) is 1. The van der Waals surface area contributed by atoms with Crippen molar-refractivity contribution in [2.75, 3.05) is 26.2 Å². The van der Waals surface area contributed by atoms with Crippen LogP contribution >= 0.6 is 0 Å². The predicted octanol–water partition coefficient (Wildman–Crippen LogP) is 2.01. The zero-order valence-corrected chi connectivity index (χ0v) is 9.52. The normalized spacial score (nSPS) is 17.9. The molecule has 1 atom stereocenters. The van der Waals surface area contributed by atoms with Crippen LogP contribution in [0.5, 0.6) is 5.75 Å². The van der Waals surface area contributed by atoms with Crippen LogP contribution in [0.4, 0.5) is 0 Å². The minimum atomic E-state index is 0.407. The zero-order valence-electron chi connectivity index (χ0n) is 9.52. The van der Waals surface area contributed by atoms with Gasteiger partial charge in [-0.25, -0.2) is 0 Å². The first kappa shape index (κ1) is 11.0. The molecule has 1 aromatic rings. The van der Waals surface area contributed by atoms with Crippen molar-refractivity contribution in [2.45, 2.75) is 12.8 Å². The number of hydrogen-bond donors (Lipinski definition) is 0. The average Bonchev–Trinajstić information content (AvgIpc) is 2.72. The molecular weight excluding hydrogens is 200 g/mol. The lowest BCUT2D eigenvalue weighted by Crippen LogP contribution is -2.29. The summed E-state index contributed by atoms with van der Waals surface area (Å²) in [5, 5.41) is 8.71. The fourth-order valence-electron chi connectivity index (χ4n) is 2.10. The van der Waals surface area contributed by atoms with Crippen molar-refractivity contribution in [1.82, 2.24) is 4.90 Å². The molecule has 2 rings (SSSR count). The van der Waals surface area contributed by atoms with E-state index >= 15 is 0 Å². The molecular formula is C13H16N2O. The average molecular weight is 216 g/mol. The topological polar surface area (TPSA) is 36.3 Å². The van der Waals surface area contributed by atoms with Crippen molar-refractivity contribution in [3.8, 4) is 11.8 Å². The molecule has 1 heterocycles. The second kappa shape index (κ2) is 5.00. The highest BCUT2D eigenvalue weighted by molar-refractivity contribution is 5.39. The molecule has 0 spiro atoms. The standard InChI is InChI=1S/C13H16N2O/c1-2-15(8-7-14)9-11-10-16-13-6-4-3-5-12(11)13/h3-6,11H,2,8-10H2,1H3. The van der Waals surface area contributed by atoms with Gasteiger partial charge in [0.05, 0.1) is 19.2 Å². The Morgan fingerprint density at radius 3 is 3.06 bits per heavy atom. The van der Waals surface area contributed by atoms with Gasteiger partial charge in [0.25, 0.3) is 0 Å². The number of ether oxygens (including phenoxy) is 1. The fourth-order valence-corrected chi connectivity index (χ4v) is 2.10. The Hall–Kier alpha value is -1.53. The van der Waals surface area contributed by atoms with Crippen LogP contribution in [0.1, 0.15) is 18.4 Å². The van der Waals surface area contributed by atoms with Gasteiger partial charge in [0.2, 0.25) is 0 Å². The highest BCUT2D eigenvalue weighted by Gasteiger charge is 2.24. The summed E-state index contributed by atoms with van der Waals surface area (Å²) in [7, 11) is 0. The van der Waals surface area contributed by atoms with E-state index in [-0.39, 0.29) is 0 Å². The largest absolute Gasteiger partial charge is 0.493 e. The summed E-state index contributed by atoms with van der Waals surface area (Å²) in [5.74, 6) is 1.41. The molecule has 1 unspecified atom stereocenters. The van der Waals surface area contributed by atoms with Crippen molar-refractivity contribution < 1.29 is 4.74 Å². The first-order valence-corrected chi connectivity index (χ1v) is 5.66. The van der Waals surface area contributed by atoms with Gasteiger partial charge in [0, 0.05) is 18.0 Å². The second-order valence-electron chi connectivity index (χ2n) is 4.03. The molecule has 0 aromatic heterocycles. The molecule has 0 radical (unpaired) electrons. The van der Waals surface area contributed by atoms with E-state index in [1.807, 2.05) is 18.2 Å². The summed E-state index contributed by atoms with van der Waals surface area (Å²) >= 11 is 0. The first-order chi connectivity index (χ1) is 7.85. The van der Waals surface area contributed by atoms with Gasteiger partial charge in [0.1, 0.15) is 5.75 Å². The number of fused-ring (bicyclic) bond motifs is 1. The van der Waals surface area contributed by atoms with Gasteiger partial charge in [-0.05, 0) is 12.6 Å². The fraction of sp³-hybridized carbons (Fsp3) is 0.462. The molecule has 0 N–H and O–H groups in total. The van der Waals surface area contributed by atoms with Crippen molar-refractivity contribution >= 4 is 0 Å². The molecule has 1 aromatic carbocycles. The maximum Gasteiger partial charge on any atom is 0.122 e. The van der Waals surface area contributed by atoms with Crippen LogP contribution in [0.2, 0.25) is 0 Å². The van der Waals surface area contributed by atoms with Gasteiger partial charge in [-0.2, -0.15) is 5.26 Å². The molecule has 0 fully saturated rings. The Morgan fingerprint density at radius 1 is 1.50 bits per heavy atom. The maximum absolute atomic E-state index is 8.71. The van der Waals surface area contributed by atoms with Crippen LogP contribution in [0.3, 0.4) is 0 Å². The summed E-state index contributed by atoms with van der Waals surface area (Å²) in [5.41, 5.74) is 1.28. The van der Waals surface area contributed by atoms with Gasteiger partial charge in [-0.3, -0.25) is 4.90 Å². The number of hydrogen-bond acceptors (Lipinski definition) is 3. The Morgan fingerprint density at radius 2 is 2.31 bits per heavy atom. The molecule has 0 bridgehead atoms. The van der Waals surface area contributed by atoms with E-state index in [4.69, 9.17) is 10.00 Å². The quantitative estimate of drug-likeness (QED) is 0.722. The van der Waals surface area contributed by atoms with E-state index < -0.39 is 0 Å². The third kappa shape index (κ3) is 2.17. The van der Waals surface area contributed by atoms with Crippen LogP contribution in [0.15, 0.2) is 24.3 Å². The first-order valence-electron chi connectivity index (χ1n) is 5.66. The minimum absolute atomic E-state index is 0.407. The summed E-state index contributed by atoms with van der Waals surface area (Å²) < 4.78 is 5.63. The molecule has 0 aliphatic carbocycles. The number of para-hydroxylation sites is 1. The smallest absolute Gasteiger partial charge is 0.122 e. The highest BCUT2D eigenvalue weighted by atomic mass is 16.5. The lowest BCUT2D eigenvalue weighted by atomic mass is 10.0. The molecule has 1 aliphatic heterocycles. The van der Waals surface area contributed by atoms with Crippen LogP contribution in [-0.4, -0.2) is 31.1 Å². The van der Waals surface area contributed by atoms with Crippen LogP contribution < -0.4 is 4.74 Å². The molecule has 1 aliphatic rings. The molecule has 0 amide bonds. The number of rotatable bonds is 4. The van der Waals surface area contributed by atoms with Crippen molar-refractivity contribution in [3.05, 3.63) is 29.8 Å². The van der Waals surface area contributed by atoms with Crippen molar-refractivity contribution in [1.29, 1.82) is 5.26 Å². The lowest BCUT2D eigenvalue weighted by Gasteiger charge is -2.20. The molecule has 3 nitrogen and oxygen atoms in total. The number of nitrogens with zero attached hydrogens (tertiary/aromatic N) is 2. The lowest BCUT2D eigenvalue weighted by molar-refractivity contribution is 0.260. The van der Waals surface area contributed by atoms with Crippen molar-refractivity contribution in [2.24, 2.45) is 0 Å². The Bertz CT molecular complexity index is 397. The summed E-state index contributed by atoms with van der Waals surface area (Å²) in [6.45, 7) is 5.13. The van der Waals surface area contributed by atoms with E-state index in [0.29, 0.717) is 12.5 Å². The van der Waals surface area contributed by atoms with Gasteiger partial charge in [-0.15, -0.1) is 0 Å². The SMILES string of the molecule is CCN(CC#N)CC1COc2ccccc21. The number of benzene rings is 1. The van der Waals surface area contributed by atoms with E-state index in [0.717, 1.165) is 25.4 Å². The van der Waals surface area contributed by atoms with Crippen LogP contribution in [-0.2, 0) is 0 Å². The molecule has 0 saturated carbocycles. The van der Waals surface area contributed by atoms with Gasteiger partial charge in [-0.1, -0.05) is 25.1 Å². The van der Waals surface area contributed by atoms with Gasteiger partial charge >= 0.3 is 0 Å². The van der Waals surface area contributed by atoms with E-state index in [1.165, 1.54) is 5.56 Å². The minimum Gasteiger partial charge on any atom is -0.493 e. The summed E-state index contributed by atoms with van der Waals surface area (Å²) in [6, 6.07) is 10.4. The van der Waals surface area contributed by atoms with E-state index in [2.05, 4.69) is 24.0 Å². The monoisotopic (exact) mass is 216 g/mol. The van der Waals surface area contributed by atoms with Gasteiger partial charge < -0.3 is 4.74 Å². The molecule has 3 heteroatoms. The third-order valence-corrected chi connectivity index (χ3v) is 3.02. The molecule has 16 heavy (non-hydrogen) atoms. The Balaban J connectivity index is 2.05. The van der Waals surface area contributed by atoms with Crippen LogP contribution in [0, 0.1) is 11.3 Å². The zero-order chi connectivity index (χ0) is 11.4. The molecule has 84 valence electrons. The second-order valence-corrected chi connectivity index (χ2v) is 4.03. The highest BCUT2D eigenvalue weighted by Crippen LogP contribution is 2.33. The third-order valence-electron chi connectivity index (χ3n) is 3.02. The predicted molar refractivity (Wildman–Crippen MR) is 62.4 cm³/mol. The molecule has 0 saturated heterocycles.